The first-order chi connectivity index (χ1) is 18.2. The fourth-order valence-corrected chi connectivity index (χ4v) is 6.07. The molecule has 1 saturated heterocycles. The van der Waals surface area contributed by atoms with Gasteiger partial charge in [-0.05, 0) is 50.9 Å². The number of carbonyl (C=O) groups is 4. The zero-order valence-electron chi connectivity index (χ0n) is 21.6. The number of likely N-dealkylation sites (tertiary alicyclic amines) is 1. The Hall–Kier alpha value is -3.74. The van der Waals surface area contributed by atoms with E-state index in [-0.39, 0.29) is 35.5 Å². The number of hydrogen-bond acceptors (Lipinski definition) is 10. The maximum absolute atomic E-state index is 13.7. The topological polar surface area (TPSA) is 205 Å². The second-order valence-electron chi connectivity index (χ2n) is 10.5. The van der Waals surface area contributed by atoms with Gasteiger partial charge in [0.1, 0.15) is 22.8 Å². The van der Waals surface area contributed by atoms with Crippen LogP contribution in [0.15, 0.2) is 35.1 Å². The first-order valence-corrected chi connectivity index (χ1v) is 12.6. The number of phenolic OH excluding ortho intramolecular Hbond substituents is 1. The molecule has 1 aromatic rings. The molecule has 210 valence electrons. The molecular formula is C27H32N2O10. The summed E-state index contributed by atoms with van der Waals surface area (Å²) in [6, 6.07) is 4.30. The third-order valence-corrected chi connectivity index (χ3v) is 8.01. The standard InChI is InChI=1S/C25H28N2O8.C2H4O2/c1-24(34)13-5-4-6-15(28)17(13)20(30)18-14(24)9-12-10-16(29)19(22(32)25(12,35)21(18)31)23(33)26-11-27-7-2-3-8-27;1-2(3)4/h4-6,12,14,28,30,32,34-35H,2-3,7-11H2,1H3,(H,26,33);1H3,(H,3,4)/t12-,14-,24+,25-;/m0./s1. The predicted octanol–water partition coefficient (Wildman–Crippen LogP) is 0.864. The number of aliphatic carboxylic acids is 1. The van der Waals surface area contributed by atoms with Crippen molar-refractivity contribution in [1.82, 2.24) is 10.2 Å². The van der Waals surface area contributed by atoms with Crippen molar-refractivity contribution in [3.8, 4) is 5.75 Å². The zero-order chi connectivity index (χ0) is 28.9. The Bertz CT molecular complexity index is 1300. The molecule has 12 heteroatoms. The second-order valence-corrected chi connectivity index (χ2v) is 10.5. The summed E-state index contributed by atoms with van der Waals surface area (Å²) >= 11 is 0. The SMILES string of the molecule is CC(=O)O.C[C@@]1(O)c2cccc(O)c2C(O)=C2C(=O)[C@]3(O)C(O)=C(C(=O)NCN4CCCC4)C(=O)C[C@@H]3C[C@@H]21. The number of carbonyl (C=O) groups excluding carboxylic acids is 3. The van der Waals surface area contributed by atoms with Crippen molar-refractivity contribution in [3.05, 3.63) is 46.2 Å². The lowest BCUT2D eigenvalue weighted by molar-refractivity contribution is -0.153. The lowest BCUT2D eigenvalue weighted by atomic mass is 9.56. The molecule has 2 fully saturated rings. The average Bonchev–Trinajstić information content (AvgIpc) is 3.37. The van der Waals surface area contributed by atoms with E-state index in [1.165, 1.54) is 25.1 Å². The molecule has 1 heterocycles. The molecule has 0 aromatic heterocycles. The van der Waals surface area contributed by atoms with E-state index in [1.54, 1.807) is 0 Å². The van der Waals surface area contributed by atoms with Gasteiger partial charge in [0.25, 0.3) is 11.9 Å². The van der Waals surface area contributed by atoms with Crippen molar-refractivity contribution in [1.29, 1.82) is 0 Å². The molecule has 0 radical (unpaired) electrons. The molecule has 4 atom stereocenters. The number of amides is 1. The number of nitrogens with one attached hydrogen (secondary N) is 1. The lowest BCUT2D eigenvalue weighted by Gasteiger charge is -2.50. The summed E-state index contributed by atoms with van der Waals surface area (Å²) in [5, 5.41) is 65.2. The number of aliphatic hydroxyl groups excluding tert-OH is 2. The van der Waals surface area contributed by atoms with Crippen LogP contribution in [0.1, 0.15) is 50.7 Å². The van der Waals surface area contributed by atoms with Crippen LogP contribution in [0.2, 0.25) is 0 Å². The normalized spacial score (nSPS) is 30.2. The first-order valence-electron chi connectivity index (χ1n) is 12.6. The van der Waals surface area contributed by atoms with Crippen LogP contribution in [-0.4, -0.2) is 84.3 Å². The third-order valence-electron chi connectivity index (χ3n) is 8.01. The number of nitrogens with zero attached hydrogens (tertiary/aromatic N) is 1. The molecule has 1 amide bonds. The number of phenols is 1. The van der Waals surface area contributed by atoms with Gasteiger partial charge in [0.05, 0.1) is 17.8 Å². The van der Waals surface area contributed by atoms with E-state index in [9.17, 15) is 39.9 Å². The van der Waals surface area contributed by atoms with Crippen LogP contribution in [0.5, 0.6) is 5.75 Å². The van der Waals surface area contributed by atoms with Gasteiger partial charge in [0.15, 0.2) is 11.4 Å². The highest BCUT2D eigenvalue weighted by Gasteiger charge is 2.63. The van der Waals surface area contributed by atoms with Gasteiger partial charge in [-0.15, -0.1) is 0 Å². The van der Waals surface area contributed by atoms with E-state index in [4.69, 9.17) is 9.90 Å². The number of aliphatic hydroxyl groups is 4. The summed E-state index contributed by atoms with van der Waals surface area (Å²) in [6.07, 6.45) is 1.45. The van der Waals surface area contributed by atoms with Crippen LogP contribution < -0.4 is 5.32 Å². The van der Waals surface area contributed by atoms with Crippen LogP contribution in [-0.2, 0) is 24.8 Å². The molecule has 0 spiro atoms. The third kappa shape index (κ3) is 4.58. The lowest BCUT2D eigenvalue weighted by Crippen LogP contribution is -2.60. The number of benzene rings is 1. The highest BCUT2D eigenvalue weighted by Crippen LogP contribution is 2.56. The molecule has 39 heavy (non-hydrogen) atoms. The van der Waals surface area contributed by atoms with E-state index in [0.717, 1.165) is 32.9 Å². The van der Waals surface area contributed by atoms with Gasteiger partial charge in [-0.3, -0.25) is 24.1 Å². The Morgan fingerprint density at radius 2 is 1.72 bits per heavy atom. The molecule has 1 aliphatic heterocycles. The van der Waals surface area contributed by atoms with Gasteiger partial charge >= 0.3 is 0 Å². The monoisotopic (exact) mass is 544 g/mol. The molecule has 7 N–H and O–H groups in total. The predicted molar refractivity (Wildman–Crippen MR) is 135 cm³/mol. The van der Waals surface area contributed by atoms with Crippen LogP contribution in [0.4, 0.5) is 0 Å². The van der Waals surface area contributed by atoms with E-state index >= 15 is 0 Å². The van der Waals surface area contributed by atoms with Crippen LogP contribution in [0, 0.1) is 11.8 Å². The molecule has 3 aliphatic carbocycles. The molecule has 12 nitrogen and oxygen atoms in total. The fraction of sp³-hybridized carbons (Fsp3) is 0.481. The number of aromatic hydroxyl groups is 1. The summed E-state index contributed by atoms with van der Waals surface area (Å²) in [5.74, 6) is -7.72. The maximum atomic E-state index is 13.7. The van der Waals surface area contributed by atoms with Gasteiger partial charge in [0.2, 0.25) is 5.78 Å². The smallest absolute Gasteiger partial charge is 0.300 e. The highest BCUT2D eigenvalue weighted by atomic mass is 16.4. The number of hydrogen-bond donors (Lipinski definition) is 7. The molecular weight excluding hydrogens is 512 g/mol. The molecule has 4 aliphatic rings. The summed E-state index contributed by atoms with van der Waals surface area (Å²) in [4.78, 5) is 50.4. The number of carboxylic acid groups (broad SMARTS) is 1. The second kappa shape index (κ2) is 10.1. The number of fused-ring (bicyclic) bond motifs is 3. The minimum Gasteiger partial charge on any atom is -0.508 e. The van der Waals surface area contributed by atoms with Gasteiger partial charge in [-0.25, -0.2) is 0 Å². The fourth-order valence-electron chi connectivity index (χ4n) is 6.07. The molecule has 1 saturated carbocycles. The Balaban J connectivity index is 0.000000826. The molecule has 1 aromatic carbocycles. The Kier molecular flexibility index (Phi) is 7.32. The van der Waals surface area contributed by atoms with Gasteiger partial charge < -0.3 is 36.0 Å². The van der Waals surface area contributed by atoms with Crippen molar-refractivity contribution in [3.63, 3.8) is 0 Å². The van der Waals surface area contributed by atoms with E-state index in [1.807, 2.05) is 4.90 Å². The Labute approximate surface area is 223 Å². The summed E-state index contributed by atoms with van der Waals surface area (Å²) < 4.78 is 0. The van der Waals surface area contributed by atoms with E-state index in [2.05, 4.69) is 5.32 Å². The molecule has 0 unspecified atom stereocenters. The van der Waals surface area contributed by atoms with Crippen molar-refractivity contribution < 1.29 is 49.8 Å². The maximum Gasteiger partial charge on any atom is 0.300 e. The van der Waals surface area contributed by atoms with Crippen molar-refractivity contribution in [2.24, 2.45) is 11.8 Å². The summed E-state index contributed by atoms with van der Waals surface area (Å²) in [6.45, 7) is 4.24. The van der Waals surface area contributed by atoms with Crippen LogP contribution in [0.3, 0.4) is 0 Å². The van der Waals surface area contributed by atoms with E-state index in [0.29, 0.717) is 0 Å². The average molecular weight is 545 g/mol. The largest absolute Gasteiger partial charge is 0.508 e. The van der Waals surface area contributed by atoms with Crippen molar-refractivity contribution in [2.45, 2.75) is 50.7 Å². The van der Waals surface area contributed by atoms with Crippen LogP contribution >= 0.6 is 0 Å². The Morgan fingerprint density at radius 3 is 2.33 bits per heavy atom. The number of rotatable bonds is 3. The summed E-state index contributed by atoms with van der Waals surface area (Å²) in [7, 11) is 0. The quantitative estimate of drug-likeness (QED) is 0.266. The van der Waals surface area contributed by atoms with Gasteiger partial charge in [-0.1, -0.05) is 12.1 Å². The van der Waals surface area contributed by atoms with Crippen molar-refractivity contribution >= 4 is 29.2 Å². The number of Topliss-reactive ketones (excluding diaryl/α,β-unsaturated/α-hetero) is 2. The Morgan fingerprint density at radius 1 is 1.10 bits per heavy atom. The number of carboxylic acids is 1. The van der Waals surface area contributed by atoms with Gasteiger partial charge in [-0.2, -0.15) is 0 Å². The molecule has 0 bridgehead atoms. The summed E-state index contributed by atoms with van der Waals surface area (Å²) in [5.41, 5.74) is -5.33. The molecule has 5 rings (SSSR count). The highest BCUT2D eigenvalue weighted by molar-refractivity contribution is 6.23. The zero-order valence-corrected chi connectivity index (χ0v) is 21.6. The first kappa shape index (κ1) is 28.3. The van der Waals surface area contributed by atoms with Gasteiger partial charge in [0, 0.05) is 30.8 Å². The number of ketones is 2. The minimum atomic E-state index is -2.63. The van der Waals surface area contributed by atoms with E-state index < -0.39 is 70.0 Å². The minimum absolute atomic E-state index is 0.123. The van der Waals surface area contributed by atoms with Crippen molar-refractivity contribution in [2.75, 3.05) is 19.8 Å². The van der Waals surface area contributed by atoms with Crippen LogP contribution in [0.25, 0.3) is 5.76 Å².